The third-order valence-electron chi connectivity index (χ3n) is 6.51. The number of nitrogens with one attached hydrogen (secondary N) is 1. The molecule has 2 aromatic carbocycles. The molecule has 2 aromatic rings. The number of carbonyl (C=O) groups is 3. The van der Waals surface area contributed by atoms with Crippen molar-refractivity contribution in [2.75, 3.05) is 16.9 Å². The van der Waals surface area contributed by atoms with Gasteiger partial charge < -0.3 is 9.64 Å². The van der Waals surface area contributed by atoms with Gasteiger partial charge in [-0.05, 0) is 101 Å². The van der Waals surface area contributed by atoms with Crippen molar-refractivity contribution >= 4 is 40.9 Å². The number of anilines is 2. The molecule has 0 spiro atoms. The van der Waals surface area contributed by atoms with Crippen LogP contribution >= 0.6 is 0 Å². The lowest BCUT2D eigenvalue weighted by Gasteiger charge is -2.46. The summed E-state index contributed by atoms with van der Waals surface area (Å²) in [5.74, 6) is -0.783. The monoisotopic (exact) mass is 473 g/mol. The minimum absolute atomic E-state index is 0.0954. The summed E-state index contributed by atoms with van der Waals surface area (Å²) in [7, 11) is 1.53. The molecule has 2 aliphatic heterocycles. The highest BCUT2D eigenvalue weighted by Gasteiger charge is 2.37. The molecule has 1 saturated heterocycles. The summed E-state index contributed by atoms with van der Waals surface area (Å²) in [5.41, 5.74) is 5.11. The number of barbiturate groups is 1. The second-order valence-corrected chi connectivity index (χ2v) is 9.83. The molecule has 2 aliphatic rings. The predicted molar refractivity (Wildman–Crippen MR) is 139 cm³/mol. The van der Waals surface area contributed by atoms with E-state index in [4.69, 9.17) is 4.74 Å². The lowest BCUT2D eigenvalue weighted by atomic mass is 9.85. The summed E-state index contributed by atoms with van der Waals surface area (Å²) < 4.78 is 5.15. The van der Waals surface area contributed by atoms with Gasteiger partial charge in [0.25, 0.3) is 11.8 Å². The number of urea groups is 1. The van der Waals surface area contributed by atoms with Gasteiger partial charge >= 0.3 is 6.03 Å². The lowest BCUT2D eigenvalue weighted by molar-refractivity contribution is -0.122. The quantitative estimate of drug-likeness (QED) is 0.495. The number of imide groups is 2. The summed E-state index contributed by atoms with van der Waals surface area (Å²) in [6, 6.07) is 10.1. The van der Waals surface area contributed by atoms with Crippen molar-refractivity contribution in [2.24, 2.45) is 0 Å². The first-order valence-corrected chi connectivity index (χ1v) is 11.6. The van der Waals surface area contributed by atoms with Crippen LogP contribution in [-0.4, -0.2) is 36.5 Å². The van der Waals surface area contributed by atoms with Crippen LogP contribution in [0, 0.1) is 6.92 Å². The number of methoxy groups -OCH3 is 1. The number of ether oxygens (including phenoxy) is 1. The molecule has 7 heteroatoms. The zero-order chi connectivity index (χ0) is 25.7. The fraction of sp³-hybridized carbons (Fsp3) is 0.321. The Morgan fingerprint density at radius 3 is 2.29 bits per heavy atom. The van der Waals surface area contributed by atoms with Crippen LogP contribution in [0.1, 0.15) is 51.3 Å². The van der Waals surface area contributed by atoms with E-state index >= 15 is 0 Å². The van der Waals surface area contributed by atoms with E-state index in [2.05, 4.69) is 57.0 Å². The van der Waals surface area contributed by atoms with Crippen LogP contribution in [0.25, 0.3) is 11.6 Å². The molecule has 4 amide bonds. The maximum atomic E-state index is 13.3. The summed E-state index contributed by atoms with van der Waals surface area (Å²) >= 11 is 0. The average Bonchev–Trinajstić information content (AvgIpc) is 2.76. The minimum Gasteiger partial charge on any atom is -0.497 e. The van der Waals surface area contributed by atoms with Crippen molar-refractivity contribution in [3.05, 3.63) is 64.7 Å². The third kappa shape index (κ3) is 4.22. The fourth-order valence-corrected chi connectivity index (χ4v) is 5.09. The number of hydrogen-bond donors (Lipinski definition) is 1. The first-order valence-electron chi connectivity index (χ1n) is 11.6. The molecule has 0 atom stereocenters. The van der Waals surface area contributed by atoms with Gasteiger partial charge in [-0.1, -0.05) is 6.08 Å². The van der Waals surface area contributed by atoms with E-state index in [1.165, 1.54) is 7.11 Å². The van der Waals surface area contributed by atoms with Gasteiger partial charge in [-0.3, -0.25) is 14.9 Å². The van der Waals surface area contributed by atoms with Gasteiger partial charge in [0.05, 0.1) is 18.3 Å². The van der Waals surface area contributed by atoms with E-state index in [-0.39, 0.29) is 17.2 Å². The Morgan fingerprint density at radius 2 is 1.69 bits per heavy atom. The minimum atomic E-state index is -0.780. The Labute approximate surface area is 206 Å². The highest BCUT2D eigenvalue weighted by Crippen LogP contribution is 2.42. The summed E-state index contributed by atoms with van der Waals surface area (Å²) in [6.45, 7) is 12.8. The summed E-state index contributed by atoms with van der Waals surface area (Å²) in [6.07, 6.45) is 3.81. The van der Waals surface area contributed by atoms with E-state index in [1.54, 1.807) is 30.3 Å². The van der Waals surface area contributed by atoms with E-state index in [9.17, 15) is 14.4 Å². The van der Waals surface area contributed by atoms with Crippen molar-refractivity contribution in [2.45, 2.75) is 53.1 Å². The van der Waals surface area contributed by atoms with Crippen LogP contribution in [0.4, 0.5) is 16.2 Å². The smallest absolute Gasteiger partial charge is 0.335 e. The van der Waals surface area contributed by atoms with Crippen LogP contribution in [0.3, 0.4) is 0 Å². The van der Waals surface area contributed by atoms with Gasteiger partial charge in [-0.2, -0.15) is 0 Å². The molecule has 182 valence electrons. The van der Waals surface area contributed by atoms with Crippen LogP contribution in [0.5, 0.6) is 5.75 Å². The maximum Gasteiger partial charge on any atom is 0.335 e. The number of aryl methyl sites for hydroxylation is 1. The zero-order valence-electron chi connectivity index (χ0n) is 21.2. The van der Waals surface area contributed by atoms with E-state index in [0.717, 1.165) is 32.9 Å². The number of amides is 4. The van der Waals surface area contributed by atoms with Gasteiger partial charge in [0, 0.05) is 17.3 Å². The van der Waals surface area contributed by atoms with Gasteiger partial charge in [-0.25, -0.2) is 9.69 Å². The molecule has 0 aromatic heterocycles. The van der Waals surface area contributed by atoms with Gasteiger partial charge in [0.2, 0.25) is 0 Å². The molecule has 4 rings (SSSR count). The standard InChI is InChI=1S/C28H31N3O4/c1-16(2)31-24-12-17(3)19(13-22(24)18(4)15-28(31,5)6)14-23-25(32)29-27(34)30(26(23)33)20-8-10-21(35-7)11-9-20/h8-16H,1-7H3,(H,29,32,34)/b23-14+. The van der Waals surface area contributed by atoms with E-state index < -0.39 is 17.8 Å². The number of fused-ring (bicyclic) bond motifs is 1. The molecule has 0 bridgehead atoms. The van der Waals surface area contributed by atoms with Crippen LogP contribution in [-0.2, 0) is 9.59 Å². The Morgan fingerprint density at radius 1 is 1.03 bits per heavy atom. The van der Waals surface area contributed by atoms with Crippen molar-refractivity contribution < 1.29 is 19.1 Å². The SMILES string of the molecule is COc1ccc(N2C(=O)NC(=O)/C(=C\c3cc4c(cc3C)N(C(C)C)C(C)(C)C=C4C)C2=O)cc1. The van der Waals surface area contributed by atoms with E-state index in [1.807, 2.05) is 13.0 Å². The van der Waals surface area contributed by atoms with Gasteiger partial charge in [0.1, 0.15) is 11.3 Å². The number of rotatable bonds is 4. The van der Waals surface area contributed by atoms with E-state index in [0.29, 0.717) is 11.4 Å². The van der Waals surface area contributed by atoms with Crippen LogP contribution in [0.2, 0.25) is 0 Å². The number of hydrogen-bond acceptors (Lipinski definition) is 5. The number of carbonyl (C=O) groups excluding carboxylic acids is 3. The maximum absolute atomic E-state index is 13.3. The van der Waals surface area contributed by atoms with Gasteiger partial charge in [0.15, 0.2) is 0 Å². The highest BCUT2D eigenvalue weighted by molar-refractivity contribution is 6.39. The lowest BCUT2D eigenvalue weighted by Crippen LogP contribution is -2.54. The molecule has 0 unspecified atom stereocenters. The fourth-order valence-electron chi connectivity index (χ4n) is 5.09. The Hall–Kier alpha value is -3.87. The van der Waals surface area contributed by atoms with Crippen molar-refractivity contribution in [3.63, 3.8) is 0 Å². The molecule has 0 radical (unpaired) electrons. The van der Waals surface area contributed by atoms with Gasteiger partial charge in [-0.15, -0.1) is 0 Å². The van der Waals surface area contributed by atoms with Crippen LogP contribution in [0.15, 0.2) is 48.0 Å². The van der Waals surface area contributed by atoms with Crippen molar-refractivity contribution in [1.82, 2.24) is 5.32 Å². The molecular formula is C28H31N3O4. The zero-order valence-corrected chi connectivity index (χ0v) is 21.2. The molecule has 35 heavy (non-hydrogen) atoms. The number of nitrogens with zero attached hydrogens (tertiary/aromatic N) is 2. The molecular weight excluding hydrogens is 442 g/mol. The predicted octanol–water partition coefficient (Wildman–Crippen LogP) is 5.08. The molecule has 0 saturated carbocycles. The second-order valence-electron chi connectivity index (χ2n) is 9.83. The Bertz CT molecular complexity index is 1290. The highest BCUT2D eigenvalue weighted by atomic mass is 16.5. The Kier molecular flexibility index (Phi) is 6.05. The molecule has 2 heterocycles. The topological polar surface area (TPSA) is 79.0 Å². The number of benzene rings is 2. The molecule has 1 fully saturated rings. The summed E-state index contributed by atoms with van der Waals surface area (Å²) in [5, 5.41) is 2.29. The Balaban J connectivity index is 1.78. The van der Waals surface area contributed by atoms with Crippen LogP contribution < -0.4 is 19.9 Å². The second kappa shape index (κ2) is 8.73. The molecule has 1 N–H and O–H groups in total. The number of allylic oxidation sites excluding steroid dienone is 1. The normalized spacial score (nSPS) is 18.6. The summed E-state index contributed by atoms with van der Waals surface area (Å²) in [4.78, 5) is 41.9. The largest absolute Gasteiger partial charge is 0.497 e. The average molecular weight is 474 g/mol. The van der Waals surface area contributed by atoms with Crippen molar-refractivity contribution in [3.8, 4) is 5.75 Å². The van der Waals surface area contributed by atoms with Crippen molar-refractivity contribution in [1.29, 1.82) is 0 Å². The molecule has 0 aliphatic carbocycles. The molecule has 7 nitrogen and oxygen atoms in total. The first kappa shape index (κ1) is 24.3. The third-order valence-corrected chi connectivity index (χ3v) is 6.51. The first-order chi connectivity index (χ1) is 16.4.